The molecule has 21 radical (unpaired) electrons. The molecule has 0 heterocycles. The van der Waals surface area contributed by atoms with E-state index in [0.29, 0.717) is 0 Å². The minimum absolute atomic E-state index is 0. The predicted molar refractivity (Wildman–Crippen MR) is 47.1 cm³/mol. The second-order valence-corrected chi connectivity index (χ2v) is 0. The van der Waals surface area contributed by atoms with Gasteiger partial charge in [-0.05, 0) is 0 Å². The molecular formula is N7O7V21-7. The van der Waals surface area contributed by atoms with Crippen LogP contribution in [0.3, 0.4) is 0 Å². The summed E-state index contributed by atoms with van der Waals surface area (Å²) in [5, 5.41) is 0. The third-order valence-electron chi connectivity index (χ3n) is 0. The summed E-state index contributed by atoms with van der Waals surface area (Å²) >= 11 is 0. The summed E-state index contributed by atoms with van der Waals surface area (Å²) in [6.07, 6.45) is 0. The van der Waals surface area contributed by atoms with E-state index < -0.39 is 0 Å². The minimum Gasteiger partial charge on any atom is -0.577 e. The van der Waals surface area contributed by atoms with Crippen molar-refractivity contribution < 1.29 is 390 Å². The Kier molecular flexibility index (Phi) is 7730. The molecule has 0 unspecified atom stereocenters. The van der Waals surface area contributed by atoms with Gasteiger partial charge in [-0.25, -0.2) is 0 Å². The standard InChI is InChI=1S/7NO.21V/c7*1-2;;;;;;;;;;;;;;;;;;;;;/q7*-1;;;;;;;;;;;;;;;;;;;;;. The Morgan fingerprint density at radius 2 is 0.114 bits per heavy atom. The molecule has 14 nitrogen and oxygen atoms in total. The minimum atomic E-state index is 0. The summed E-state index contributed by atoms with van der Waals surface area (Å²) < 4.78 is 0. The molecule has 0 aromatic rings. The Labute approximate surface area is 453 Å². The van der Waals surface area contributed by atoms with Gasteiger partial charge in [-0.2, -0.15) is 0 Å². The first-order chi connectivity index (χ1) is 7.00. The van der Waals surface area contributed by atoms with Crippen LogP contribution in [0.2, 0.25) is 0 Å². The van der Waals surface area contributed by atoms with E-state index in [0.717, 1.165) is 0 Å². The Morgan fingerprint density at radius 3 is 0.114 bits per heavy atom. The summed E-state index contributed by atoms with van der Waals surface area (Å²) in [7, 11) is 0. The normalized spacial score (nSPS) is 0.800. The average molecular weight is 1280 g/mol. The smallest absolute Gasteiger partial charge is 0 e. The fourth-order valence-corrected chi connectivity index (χ4v) is 0. The van der Waals surface area contributed by atoms with Gasteiger partial charge < -0.3 is 73.5 Å². The zero-order valence-electron chi connectivity index (χ0n) is 15.4. The first-order valence-electron chi connectivity index (χ1n) is 1.28. The molecular weight excluding hydrogens is 1280 g/mol. The molecule has 0 amide bonds. The third kappa shape index (κ3) is 833. The molecule has 35 heavy (non-hydrogen) atoms. The third-order valence-corrected chi connectivity index (χ3v) is 0. The summed E-state index contributed by atoms with van der Waals surface area (Å²) in [6.45, 7) is 0. The van der Waals surface area contributed by atoms with Crippen LogP contribution in [0.4, 0.5) is 0 Å². The van der Waals surface area contributed by atoms with Gasteiger partial charge in [-0.1, -0.05) is 0 Å². The average Bonchev–Trinajstić information content (AvgIpc) is 2.45. The van der Waals surface area contributed by atoms with Gasteiger partial charge in [0.15, 0.2) is 0 Å². The van der Waals surface area contributed by atoms with Gasteiger partial charge >= 0.3 is 0 Å². The molecule has 0 bridgehead atoms. The summed E-state index contributed by atoms with van der Waals surface area (Å²) in [4.78, 5) is 50.8. The summed E-state index contributed by atoms with van der Waals surface area (Å²) in [5.41, 5.74) is 40.2. The van der Waals surface area contributed by atoms with E-state index in [4.69, 9.17) is 73.5 Å². The van der Waals surface area contributed by atoms with Gasteiger partial charge in [-0.15, -0.1) is 0 Å². The monoisotopic (exact) mass is 1280 g/mol. The molecule has 0 N–H and O–H groups in total. The zero-order valence-corrected chi connectivity index (χ0v) is 44.7. The van der Waals surface area contributed by atoms with Crippen molar-refractivity contribution in [1.82, 2.24) is 0 Å². The molecule has 0 aliphatic carbocycles. The molecule has 0 saturated heterocycles. The van der Waals surface area contributed by atoms with Crippen molar-refractivity contribution in [3.8, 4) is 0 Å². The molecule has 0 aliphatic heterocycles. The molecule has 0 aromatic carbocycles. The van der Waals surface area contributed by atoms with Crippen LogP contribution in [0.25, 0.3) is 39.2 Å². The first kappa shape index (κ1) is 310. The van der Waals surface area contributed by atoms with Gasteiger partial charge in [0.25, 0.3) is 0 Å². The molecule has 35 heteroatoms. The zero-order chi connectivity index (χ0) is 14.0. The van der Waals surface area contributed by atoms with Gasteiger partial charge in [0.05, 0.1) is 0 Å². The van der Waals surface area contributed by atoms with Crippen LogP contribution in [0.1, 0.15) is 0 Å². The van der Waals surface area contributed by atoms with Crippen molar-refractivity contribution >= 4 is 0 Å². The number of nitroso groups, excluding NO2 is 7. The Hall–Kier alpha value is 9.47. The van der Waals surface area contributed by atoms with E-state index in [1.54, 1.807) is 0 Å². The van der Waals surface area contributed by atoms with Crippen LogP contribution in [0.15, 0.2) is 0 Å². The quantitative estimate of drug-likeness (QED) is 0.348. The fraction of sp³-hybridized carbons (Fsp3) is 0. The van der Waals surface area contributed by atoms with E-state index in [-0.39, 0.29) is 390 Å². The van der Waals surface area contributed by atoms with Crippen LogP contribution >= 0.6 is 0 Å². The Morgan fingerprint density at radius 1 is 0.114 bits per heavy atom. The molecule has 189 valence electrons. The number of nitrogens with zero attached hydrogens (tertiary/aromatic N) is 7. The molecule has 0 atom stereocenters. The SMILES string of the molecule is [N-]=O.[N-]=O.[N-]=O.[N-]=O.[N-]=O.[N-]=O.[N-]=O.[V].[V].[V].[V].[V].[V].[V].[V].[V].[V].[V].[V].[V].[V].[V].[V].[V].[V].[V].[V].[V]. The molecule has 0 spiro atoms. The van der Waals surface area contributed by atoms with E-state index in [9.17, 15) is 0 Å². The molecule has 0 rings (SSSR count). The first-order valence-corrected chi connectivity index (χ1v) is 1.28. The van der Waals surface area contributed by atoms with Crippen LogP contribution < -0.4 is 0 Å². The maximum Gasteiger partial charge on any atom is 0 e. The van der Waals surface area contributed by atoms with Crippen molar-refractivity contribution in [3.05, 3.63) is 73.5 Å². The summed E-state index contributed by atoms with van der Waals surface area (Å²) in [6, 6.07) is 0. The van der Waals surface area contributed by atoms with E-state index >= 15 is 0 Å². The van der Waals surface area contributed by atoms with Crippen molar-refractivity contribution in [2.75, 3.05) is 0 Å². The van der Waals surface area contributed by atoms with Crippen LogP contribution in [0.5, 0.6) is 0 Å². The second kappa shape index (κ2) is 874. The number of hydrogen-bond acceptors (Lipinski definition) is 7. The maximum atomic E-state index is 7.25. The van der Waals surface area contributed by atoms with Crippen molar-refractivity contribution in [3.63, 3.8) is 0 Å². The van der Waals surface area contributed by atoms with Crippen LogP contribution in [0, 0.1) is 34.3 Å². The largest absolute Gasteiger partial charge is 0.577 e. The topological polar surface area (TPSA) is 276 Å². The van der Waals surface area contributed by atoms with E-state index in [1.165, 1.54) is 0 Å². The molecule has 0 aromatic heterocycles. The Bertz CT molecular complexity index is 67.6. The fourth-order valence-electron chi connectivity index (χ4n) is 0. The second-order valence-electron chi connectivity index (χ2n) is 0. The van der Waals surface area contributed by atoms with E-state index in [1.807, 2.05) is 0 Å². The Balaban J connectivity index is -0.000000000571. The van der Waals surface area contributed by atoms with Crippen molar-refractivity contribution in [2.24, 2.45) is 0 Å². The van der Waals surface area contributed by atoms with Crippen LogP contribution in [-0.4, -0.2) is 0 Å². The van der Waals surface area contributed by atoms with Crippen LogP contribution in [-0.2, 0) is 390 Å². The molecule has 0 saturated carbocycles. The summed E-state index contributed by atoms with van der Waals surface area (Å²) in [5.74, 6) is 0. The van der Waals surface area contributed by atoms with Gasteiger partial charge in [0.1, 0.15) is 0 Å². The van der Waals surface area contributed by atoms with Gasteiger partial charge in [-0.3, -0.25) is 0 Å². The predicted octanol–water partition coefficient (Wildman–Crippen LogP) is 2.20. The van der Waals surface area contributed by atoms with Gasteiger partial charge in [0, 0.05) is 390 Å². The number of hydrogen-bond donors (Lipinski definition) is 0. The number of rotatable bonds is 0. The maximum absolute atomic E-state index is 7.25. The molecule has 0 aliphatic rings. The van der Waals surface area contributed by atoms with Crippen molar-refractivity contribution in [1.29, 1.82) is 0 Å². The molecule has 0 fully saturated rings. The van der Waals surface area contributed by atoms with Crippen molar-refractivity contribution in [2.45, 2.75) is 0 Å². The van der Waals surface area contributed by atoms with Gasteiger partial charge in [0.2, 0.25) is 0 Å². The van der Waals surface area contributed by atoms with E-state index in [2.05, 4.69) is 0 Å².